The number of hydrogen-bond donors (Lipinski definition) is 3. The van der Waals surface area contributed by atoms with Crippen LogP contribution in [-0.2, 0) is 16.0 Å². The Balaban J connectivity index is 1.44. The Hall–Kier alpha value is -3.40. The summed E-state index contributed by atoms with van der Waals surface area (Å²) in [5.41, 5.74) is 0.272. The number of amides is 3. The number of carbonyl (C=O) groups excluding carboxylic acids is 3. The number of carbonyl (C=O) groups is 3. The normalized spacial score (nSPS) is 19.7. The molecule has 3 atom stereocenters. The second-order valence-corrected chi connectivity index (χ2v) is 14.1. The number of aromatic nitrogens is 2. The first-order valence-electron chi connectivity index (χ1n) is 15.6. The molecule has 1 aromatic heterocycles. The summed E-state index contributed by atoms with van der Waals surface area (Å²) in [5, 5.41) is 13.3. The Morgan fingerprint density at radius 1 is 1.12 bits per heavy atom. The van der Waals surface area contributed by atoms with Crippen molar-refractivity contribution in [3.05, 3.63) is 53.6 Å². The number of aliphatic hydroxyl groups is 1. The summed E-state index contributed by atoms with van der Waals surface area (Å²) in [7, 11) is 0. The van der Waals surface area contributed by atoms with Gasteiger partial charge in [0.1, 0.15) is 23.2 Å². The average Bonchev–Trinajstić information content (AvgIpc) is 3.45. The quantitative estimate of drug-likeness (QED) is 0.319. The van der Waals surface area contributed by atoms with Gasteiger partial charge in [0.05, 0.1) is 12.1 Å². The van der Waals surface area contributed by atoms with E-state index in [0.29, 0.717) is 24.0 Å². The number of rotatable bonds is 11. The number of alkyl carbamates (subject to hydrolysis) is 1. The number of β-amino-alcohol motifs (C(OH)–C–C–N with tert-alkyl or cyclic N) is 1. The van der Waals surface area contributed by atoms with E-state index in [4.69, 9.17) is 4.74 Å². The molecule has 10 heteroatoms. The maximum absolute atomic E-state index is 13.9. The van der Waals surface area contributed by atoms with Gasteiger partial charge in [-0.25, -0.2) is 9.78 Å². The Morgan fingerprint density at radius 3 is 2.44 bits per heavy atom. The first-order chi connectivity index (χ1) is 20.2. The number of hydrogen-bond acceptors (Lipinski definition) is 6. The molecule has 2 aliphatic rings. The molecule has 3 amide bonds. The predicted octanol–water partition coefficient (Wildman–Crippen LogP) is 4.86. The van der Waals surface area contributed by atoms with Crippen LogP contribution >= 0.6 is 0 Å². The molecule has 2 fully saturated rings. The molecule has 4 rings (SSSR count). The van der Waals surface area contributed by atoms with Crippen molar-refractivity contribution in [2.45, 2.75) is 104 Å². The molecule has 0 bridgehead atoms. The average molecular weight is 596 g/mol. The third-order valence-corrected chi connectivity index (χ3v) is 7.92. The summed E-state index contributed by atoms with van der Waals surface area (Å²) in [6.45, 7) is 12.4. The van der Waals surface area contributed by atoms with Crippen molar-refractivity contribution in [1.29, 1.82) is 0 Å². The number of imidazole rings is 1. The molecule has 0 unspecified atom stereocenters. The fourth-order valence-electron chi connectivity index (χ4n) is 5.50. The van der Waals surface area contributed by atoms with Gasteiger partial charge in [-0.05, 0) is 69.8 Å². The molecule has 0 spiro atoms. The predicted molar refractivity (Wildman–Crippen MR) is 164 cm³/mol. The van der Waals surface area contributed by atoms with Gasteiger partial charge in [0, 0.05) is 32.3 Å². The molecule has 2 heterocycles. The van der Waals surface area contributed by atoms with Gasteiger partial charge in [-0.1, -0.05) is 51.1 Å². The van der Waals surface area contributed by atoms with E-state index in [1.54, 1.807) is 31.9 Å². The fourth-order valence-corrected chi connectivity index (χ4v) is 5.50. The number of benzene rings is 1. The van der Waals surface area contributed by atoms with E-state index in [0.717, 1.165) is 38.6 Å². The SMILES string of the molecule is CC(C)(C)OC(=O)N[C@H](C(=O)N1C[C@H](O)C[C@H]1c1nc(C(=O)N(CCCCc2ccccc2)CC2CC2)c[nH]1)C(C)(C)C. The van der Waals surface area contributed by atoms with Crippen LogP contribution in [0.2, 0.25) is 0 Å². The van der Waals surface area contributed by atoms with Crippen LogP contribution in [0.25, 0.3) is 0 Å². The fraction of sp³-hybridized carbons (Fsp3) is 0.636. The van der Waals surface area contributed by atoms with Gasteiger partial charge in [0.2, 0.25) is 5.91 Å². The number of nitrogens with zero attached hydrogens (tertiary/aromatic N) is 3. The monoisotopic (exact) mass is 595 g/mol. The second-order valence-electron chi connectivity index (χ2n) is 14.1. The van der Waals surface area contributed by atoms with E-state index < -0.39 is 35.3 Å². The number of nitrogens with one attached hydrogen (secondary N) is 2. The van der Waals surface area contributed by atoms with Crippen LogP contribution < -0.4 is 5.32 Å². The second kappa shape index (κ2) is 13.5. The van der Waals surface area contributed by atoms with E-state index >= 15 is 0 Å². The lowest BCUT2D eigenvalue weighted by Gasteiger charge is -2.35. The topological polar surface area (TPSA) is 128 Å². The maximum atomic E-state index is 13.9. The number of aliphatic hydroxyl groups excluding tert-OH is 1. The zero-order valence-corrected chi connectivity index (χ0v) is 26.6. The van der Waals surface area contributed by atoms with Gasteiger partial charge >= 0.3 is 6.09 Å². The molecular formula is C33H49N5O5. The van der Waals surface area contributed by atoms with Crippen molar-refractivity contribution >= 4 is 17.9 Å². The van der Waals surface area contributed by atoms with Crippen molar-refractivity contribution in [3.8, 4) is 0 Å². The molecule has 10 nitrogen and oxygen atoms in total. The first kappa shape index (κ1) is 32.5. The Kier molecular flexibility index (Phi) is 10.2. The number of aromatic amines is 1. The minimum atomic E-state index is -0.892. The highest BCUT2D eigenvalue weighted by Gasteiger charge is 2.44. The summed E-state index contributed by atoms with van der Waals surface area (Å²) in [4.78, 5) is 51.3. The van der Waals surface area contributed by atoms with E-state index in [1.807, 2.05) is 43.9 Å². The van der Waals surface area contributed by atoms with Crippen LogP contribution in [0.5, 0.6) is 0 Å². The van der Waals surface area contributed by atoms with Gasteiger partial charge < -0.3 is 29.9 Å². The largest absolute Gasteiger partial charge is 0.444 e. The summed E-state index contributed by atoms with van der Waals surface area (Å²) >= 11 is 0. The summed E-state index contributed by atoms with van der Waals surface area (Å²) in [6.07, 6.45) is 5.61. The molecule has 1 aliphatic heterocycles. The van der Waals surface area contributed by atoms with Crippen molar-refractivity contribution in [2.75, 3.05) is 19.6 Å². The Morgan fingerprint density at radius 2 is 1.81 bits per heavy atom. The molecule has 2 aromatic rings. The minimum absolute atomic E-state index is 0.102. The summed E-state index contributed by atoms with van der Waals surface area (Å²) in [6, 6.07) is 8.92. The van der Waals surface area contributed by atoms with Crippen molar-refractivity contribution in [3.63, 3.8) is 0 Å². The lowest BCUT2D eigenvalue weighted by Crippen LogP contribution is -2.55. The van der Waals surface area contributed by atoms with Gasteiger partial charge in [-0.15, -0.1) is 0 Å². The van der Waals surface area contributed by atoms with Crippen LogP contribution in [0.15, 0.2) is 36.5 Å². The Labute approximate surface area is 255 Å². The smallest absolute Gasteiger partial charge is 0.408 e. The molecule has 0 radical (unpaired) electrons. The molecular weight excluding hydrogens is 546 g/mol. The molecule has 1 saturated carbocycles. The van der Waals surface area contributed by atoms with Crippen LogP contribution in [0.4, 0.5) is 4.79 Å². The lowest BCUT2D eigenvalue weighted by atomic mass is 9.85. The number of aryl methyl sites for hydroxylation is 1. The first-order valence-corrected chi connectivity index (χ1v) is 15.6. The van der Waals surface area contributed by atoms with E-state index in [-0.39, 0.29) is 24.8 Å². The zero-order chi connectivity index (χ0) is 31.4. The summed E-state index contributed by atoms with van der Waals surface area (Å²) in [5.74, 6) is 0.540. The molecule has 1 aliphatic carbocycles. The van der Waals surface area contributed by atoms with Crippen molar-refractivity contribution in [2.24, 2.45) is 11.3 Å². The number of H-pyrrole nitrogens is 1. The van der Waals surface area contributed by atoms with E-state index in [2.05, 4.69) is 27.4 Å². The van der Waals surface area contributed by atoms with Crippen LogP contribution in [0.3, 0.4) is 0 Å². The van der Waals surface area contributed by atoms with E-state index in [1.165, 1.54) is 5.56 Å². The van der Waals surface area contributed by atoms with Gasteiger partial charge in [-0.3, -0.25) is 9.59 Å². The highest BCUT2D eigenvalue weighted by atomic mass is 16.6. The van der Waals surface area contributed by atoms with Gasteiger partial charge in [-0.2, -0.15) is 0 Å². The highest BCUT2D eigenvalue weighted by molar-refractivity contribution is 5.92. The molecule has 236 valence electrons. The zero-order valence-electron chi connectivity index (χ0n) is 26.6. The van der Waals surface area contributed by atoms with Gasteiger partial charge in [0.15, 0.2) is 0 Å². The lowest BCUT2D eigenvalue weighted by molar-refractivity contribution is -0.137. The van der Waals surface area contributed by atoms with Gasteiger partial charge in [0.25, 0.3) is 5.91 Å². The van der Waals surface area contributed by atoms with Crippen molar-refractivity contribution < 1.29 is 24.2 Å². The summed E-state index contributed by atoms with van der Waals surface area (Å²) < 4.78 is 5.42. The number of likely N-dealkylation sites (tertiary alicyclic amines) is 1. The minimum Gasteiger partial charge on any atom is -0.444 e. The Bertz CT molecular complexity index is 1240. The van der Waals surface area contributed by atoms with Crippen LogP contribution in [0, 0.1) is 11.3 Å². The highest BCUT2D eigenvalue weighted by Crippen LogP contribution is 2.34. The van der Waals surface area contributed by atoms with Crippen LogP contribution in [-0.4, -0.2) is 80.2 Å². The van der Waals surface area contributed by atoms with E-state index in [9.17, 15) is 19.5 Å². The third kappa shape index (κ3) is 9.29. The molecule has 3 N–H and O–H groups in total. The number of unbranched alkanes of at least 4 members (excludes halogenated alkanes) is 1. The molecule has 43 heavy (non-hydrogen) atoms. The standard InChI is InChI=1S/C33H49N5O5/c1-32(2,3)27(36-31(42)43-33(4,5)6)30(41)38-21-24(39)18-26(38)28-34-19-25(35-28)29(40)37(20-23-15-16-23)17-11-10-14-22-12-8-7-9-13-22/h7-9,12-13,19,23-24,26-27,39H,10-11,14-18,20-21H2,1-6H3,(H,34,35)(H,36,42)/t24-,26+,27-/m1/s1. The molecule has 1 saturated heterocycles. The number of ether oxygens (including phenoxy) is 1. The van der Waals surface area contributed by atoms with Crippen molar-refractivity contribution in [1.82, 2.24) is 25.1 Å². The van der Waals surface area contributed by atoms with Crippen LogP contribution in [0.1, 0.15) is 102 Å². The third-order valence-electron chi connectivity index (χ3n) is 7.92. The maximum Gasteiger partial charge on any atom is 0.408 e. The molecule has 1 aromatic carbocycles.